The number of aliphatic hydroxyl groups excluding tert-OH is 1. The van der Waals surface area contributed by atoms with E-state index in [9.17, 15) is 24.3 Å². The maximum atomic E-state index is 13.4. The molecule has 0 aliphatic carbocycles. The highest BCUT2D eigenvalue weighted by Gasteiger charge is 2.32. The number of alkyl carbamates (subject to hydrolysis) is 1. The highest BCUT2D eigenvalue weighted by Crippen LogP contribution is 2.22. The first-order valence-corrected chi connectivity index (χ1v) is 15.1. The van der Waals surface area contributed by atoms with E-state index in [1.165, 1.54) is 6.08 Å². The van der Waals surface area contributed by atoms with Gasteiger partial charge in [0, 0.05) is 6.42 Å². The Balaban J connectivity index is 1.98. The number of benzene rings is 2. The first-order valence-electron chi connectivity index (χ1n) is 15.1. The van der Waals surface area contributed by atoms with Gasteiger partial charge in [-0.2, -0.15) is 0 Å². The molecule has 4 atom stereocenters. The van der Waals surface area contributed by atoms with Gasteiger partial charge in [0.25, 0.3) is 0 Å². The first-order chi connectivity index (χ1) is 21.5. The average Bonchev–Trinajstić information content (AvgIpc) is 3.01. The lowest BCUT2D eigenvalue weighted by molar-refractivity contribution is -0.148. The Morgan fingerprint density at radius 3 is 2.00 bits per heavy atom. The molecule has 10 nitrogen and oxygen atoms in total. The Bertz CT molecular complexity index is 1240. The number of allylic oxidation sites excluding steroid dienone is 1. The lowest BCUT2D eigenvalue weighted by atomic mass is 9.86. The van der Waals surface area contributed by atoms with Crippen LogP contribution in [0.4, 0.5) is 4.79 Å². The van der Waals surface area contributed by atoms with E-state index < -0.39 is 47.4 Å². The standard InChI is InChI=1S/C35H47N3O7/c1-6-14-27(21-31(40)36-28(22-39)20-25-16-10-8-11-17-25)32(41)38-30(35(3,4)5)24-44-33(42)29(15-7-2)37-34(43)45-23-26-18-12-9-13-19-26/h6-13,16-19,27-30,39H,1-2,14-15,20-24H2,3-5H3,(H,36,40)(H,37,43)(H,38,41)/t27-,28+,29+,30+/m0/s1. The quantitative estimate of drug-likeness (QED) is 0.144. The Morgan fingerprint density at radius 1 is 0.844 bits per heavy atom. The van der Waals surface area contributed by atoms with Crippen molar-refractivity contribution >= 4 is 23.9 Å². The van der Waals surface area contributed by atoms with Crippen molar-refractivity contribution in [3.05, 3.63) is 97.1 Å². The van der Waals surface area contributed by atoms with Crippen LogP contribution in [0.25, 0.3) is 0 Å². The predicted molar refractivity (Wildman–Crippen MR) is 173 cm³/mol. The summed E-state index contributed by atoms with van der Waals surface area (Å²) in [6.45, 7) is 12.7. The van der Waals surface area contributed by atoms with Crippen LogP contribution < -0.4 is 16.0 Å². The van der Waals surface area contributed by atoms with Crippen LogP contribution in [0, 0.1) is 11.3 Å². The summed E-state index contributed by atoms with van der Waals surface area (Å²) in [5.74, 6) is -2.20. The van der Waals surface area contributed by atoms with Gasteiger partial charge in [-0.25, -0.2) is 9.59 Å². The molecule has 244 valence electrons. The molecule has 10 heteroatoms. The fourth-order valence-electron chi connectivity index (χ4n) is 4.41. The molecule has 0 saturated heterocycles. The van der Waals surface area contributed by atoms with E-state index in [2.05, 4.69) is 29.1 Å². The van der Waals surface area contributed by atoms with Gasteiger partial charge < -0.3 is 30.5 Å². The van der Waals surface area contributed by atoms with E-state index in [1.807, 2.05) is 81.4 Å². The number of hydrogen-bond acceptors (Lipinski definition) is 7. The molecule has 0 heterocycles. The van der Waals surface area contributed by atoms with Gasteiger partial charge in [-0.05, 0) is 35.8 Å². The van der Waals surface area contributed by atoms with Crippen LogP contribution in [-0.2, 0) is 36.9 Å². The molecule has 0 fully saturated rings. The summed E-state index contributed by atoms with van der Waals surface area (Å²) in [5, 5.41) is 18.1. The number of ether oxygens (including phenoxy) is 2. The van der Waals surface area contributed by atoms with Gasteiger partial charge in [0.15, 0.2) is 0 Å². The summed E-state index contributed by atoms with van der Waals surface area (Å²) < 4.78 is 10.8. The molecule has 0 radical (unpaired) electrons. The zero-order chi connectivity index (χ0) is 33.2. The smallest absolute Gasteiger partial charge is 0.408 e. The SMILES string of the molecule is C=CC[C@@H](CC(=O)N[C@@H](CO)Cc1ccccc1)C(=O)N[C@H](COC(=O)[C@@H](CC=C)NC(=O)OCc1ccccc1)C(C)(C)C. The van der Waals surface area contributed by atoms with E-state index in [0.29, 0.717) is 6.42 Å². The second-order valence-electron chi connectivity index (χ2n) is 11.9. The summed E-state index contributed by atoms with van der Waals surface area (Å²) in [5.41, 5.74) is 1.24. The molecule has 45 heavy (non-hydrogen) atoms. The molecule has 0 aliphatic rings. The molecule has 0 aromatic heterocycles. The minimum atomic E-state index is -1.03. The summed E-state index contributed by atoms with van der Waals surface area (Å²) in [6, 6.07) is 16.5. The van der Waals surface area contributed by atoms with Gasteiger partial charge in [-0.3, -0.25) is 9.59 Å². The monoisotopic (exact) mass is 621 g/mol. The summed E-state index contributed by atoms with van der Waals surface area (Å²) in [7, 11) is 0. The van der Waals surface area contributed by atoms with Gasteiger partial charge in [-0.15, -0.1) is 13.2 Å². The fraction of sp³-hybridized carbons (Fsp3) is 0.429. The Morgan fingerprint density at radius 2 is 1.44 bits per heavy atom. The molecule has 0 spiro atoms. The van der Waals surface area contributed by atoms with E-state index >= 15 is 0 Å². The minimum absolute atomic E-state index is 0.0399. The predicted octanol–water partition coefficient (Wildman–Crippen LogP) is 4.23. The lowest BCUT2D eigenvalue weighted by Crippen LogP contribution is -2.51. The number of aliphatic hydroxyl groups is 1. The number of carbonyl (C=O) groups excluding carboxylic acids is 4. The average molecular weight is 622 g/mol. The third-order valence-corrected chi connectivity index (χ3v) is 7.11. The van der Waals surface area contributed by atoms with Gasteiger partial charge >= 0.3 is 12.1 Å². The molecular formula is C35H47N3O7. The van der Waals surface area contributed by atoms with Gasteiger partial charge in [0.2, 0.25) is 11.8 Å². The number of nitrogens with one attached hydrogen (secondary N) is 3. The highest BCUT2D eigenvalue weighted by molar-refractivity contribution is 5.86. The third kappa shape index (κ3) is 13.8. The molecule has 0 saturated carbocycles. The van der Waals surface area contributed by atoms with Crippen molar-refractivity contribution < 1.29 is 33.8 Å². The summed E-state index contributed by atoms with van der Waals surface area (Å²) in [4.78, 5) is 51.6. The Kier molecular flexibility index (Phi) is 15.6. The zero-order valence-electron chi connectivity index (χ0n) is 26.5. The van der Waals surface area contributed by atoms with Gasteiger partial charge in [0.1, 0.15) is 19.3 Å². The number of amides is 3. The maximum absolute atomic E-state index is 13.4. The summed E-state index contributed by atoms with van der Waals surface area (Å²) in [6.07, 6.45) is 2.97. The van der Waals surface area contributed by atoms with E-state index in [-0.39, 0.29) is 45.0 Å². The molecule has 2 rings (SSSR count). The van der Waals surface area contributed by atoms with Crippen LogP contribution in [0.3, 0.4) is 0 Å². The van der Waals surface area contributed by atoms with Crippen molar-refractivity contribution in [3.8, 4) is 0 Å². The molecule has 2 aromatic rings. The molecular weight excluding hydrogens is 574 g/mol. The molecule has 0 aliphatic heterocycles. The van der Waals surface area contributed by atoms with E-state index in [0.717, 1.165) is 11.1 Å². The molecule has 4 N–H and O–H groups in total. The molecule has 0 unspecified atom stereocenters. The van der Waals surface area contributed by atoms with Crippen molar-refractivity contribution in [1.82, 2.24) is 16.0 Å². The van der Waals surface area contributed by atoms with Gasteiger partial charge in [0.05, 0.1) is 24.6 Å². The second kappa shape index (κ2) is 19.1. The number of hydrogen-bond donors (Lipinski definition) is 4. The maximum Gasteiger partial charge on any atom is 0.408 e. The molecule has 2 aromatic carbocycles. The van der Waals surface area contributed by atoms with Crippen LogP contribution in [0.5, 0.6) is 0 Å². The number of esters is 1. The lowest BCUT2D eigenvalue weighted by Gasteiger charge is -2.32. The molecule has 0 bridgehead atoms. The van der Waals surface area contributed by atoms with Crippen LogP contribution in [0.2, 0.25) is 0 Å². The van der Waals surface area contributed by atoms with Crippen LogP contribution in [0.1, 0.15) is 51.2 Å². The van der Waals surface area contributed by atoms with Crippen molar-refractivity contribution in [2.75, 3.05) is 13.2 Å². The van der Waals surface area contributed by atoms with Crippen LogP contribution in [0.15, 0.2) is 86.0 Å². The Labute approximate surface area is 266 Å². The van der Waals surface area contributed by atoms with Crippen molar-refractivity contribution in [2.24, 2.45) is 11.3 Å². The van der Waals surface area contributed by atoms with E-state index in [1.54, 1.807) is 6.08 Å². The van der Waals surface area contributed by atoms with Crippen LogP contribution in [-0.4, -0.2) is 60.3 Å². The zero-order valence-corrected chi connectivity index (χ0v) is 26.5. The second-order valence-corrected chi connectivity index (χ2v) is 11.9. The third-order valence-electron chi connectivity index (χ3n) is 7.11. The minimum Gasteiger partial charge on any atom is -0.462 e. The van der Waals surface area contributed by atoms with Crippen LogP contribution >= 0.6 is 0 Å². The number of carbonyl (C=O) groups is 4. The highest BCUT2D eigenvalue weighted by atomic mass is 16.6. The summed E-state index contributed by atoms with van der Waals surface area (Å²) >= 11 is 0. The number of rotatable bonds is 18. The Hall–Kier alpha value is -4.44. The normalized spacial score (nSPS) is 13.7. The van der Waals surface area contributed by atoms with Crippen molar-refractivity contribution in [2.45, 2.75) is 71.2 Å². The topological polar surface area (TPSA) is 143 Å². The van der Waals surface area contributed by atoms with E-state index in [4.69, 9.17) is 9.47 Å². The largest absolute Gasteiger partial charge is 0.462 e. The molecule has 3 amide bonds. The van der Waals surface area contributed by atoms with Crippen molar-refractivity contribution in [1.29, 1.82) is 0 Å². The van der Waals surface area contributed by atoms with Gasteiger partial charge in [-0.1, -0.05) is 93.6 Å². The first kappa shape index (κ1) is 36.8. The van der Waals surface area contributed by atoms with Crippen molar-refractivity contribution in [3.63, 3.8) is 0 Å². The fourth-order valence-corrected chi connectivity index (χ4v) is 4.41.